The number of alkyl halides is 1. The molecule has 148 valence electrons. The van der Waals surface area contributed by atoms with E-state index in [9.17, 15) is 4.39 Å². The molecule has 0 spiro atoms. The number of benzene rings is 1. The van der Waals surface area contributed by atoms with E-state index in [-0.39, 0.29) is 12.0 Å². The Morgan fingerprint density at radius 3 is 2.72 bits per heavy atom. The van der Waals surface area contributed by atoms with Gasteiger partial charge in [0.1, 0.15) is 12.8 Å². The van der Waals surface area contributed by atoms with E-state index in [2.05, 4.69) is 26.8 Å². The number of hydrogen-bond donors (Lipinski definition) is 1. The highest BCUT2D eigenvalue weighted by atomic mass is 19.1. The van der Waals surface area contributed by atoms with Crippen molar-refractivity contribution in [2.24, 2.45) is 0 Å². The molecule has 0 aliphatic carbocycles. The Labute approximate surface area is 168 Å². The maximum atomic E-state index is 13.1. The van der Waals surface area contributed by atoms with Crippen LogP contribution in [0.1, 0.15) is 16.7 Å². The second kappa shape index (κ2) is 8.79. The van der Waals surface area contributed by atoms with E-state index in [4.69, 9.17) is 9.47 Å². The lowest BCUT2D eigenvalue weighted by molar-refractivity contribution is -0.0818. The maximum Gasteiger partial charge on any atom is 0.226 e. The molecule has 3 heterocycles. The summed E-state index contributed by atoms with van der Waals surface area (Å²) in [6.45, 7) is 4.64. The standard InChI is InChI=1S/C22H21FN4O2/c1-2-15-7-8-24-20(9-15)17-5-3-16(4-6-17)11-25-22-26-12-18(10-23)21(27-22)29-19-13-28-14-19/h2-9,12,19H,1,10-11,13-14H2,(H,25,26,27). The molecule has 0 amide bonds. The van der Waals surface area contributed by atoms with Crippen LogP contribution in [0.15, 0.2) is 55.4 Å². The minimum absolute atomic E-state index is 0.0798. The van der Waals surface area contributed by atoms with Crippen LogP contribution in [-0.4, -0.2) is 34.3 Å². The van der Waals surface area contributed by atoms with Crippen LogP contribution < -0.4 is 10.1 Å². The third kappa shape index (κ3) is 4.57. The number of aromatic nitrogens is 3. The van der Waals surface area contributed by atoms with Crippen molar-refractivity contribution in [3.8, 4) is 17.1 Å². The van der Waals surface area contributed by atoms with Crippen molar-refractivity contribution in [1.29, 1.82) is 0 Å². The summed E-state index contributed by atoms with van der Waals surface area (Å²) in [5, 5.41) is 3.15. The Hall–Kier alpha value is -3.32. The highest BCUT2D eigenvalue weighted by Gasteiger charge is 2.22. The third-order valence-electron chi connectivity index (χ3n) is 4.57. The first-order valence-corrected chi connectivity index (χ1v) is 9.33. The number of ether oxygens (including phenoxy) is 2. The second-order valence-corrected chi connectivity index (χ2v) is 6.66. The topological polar surface area (TPSA) is 69.2 Å². The molecular weight excluding hydrogens is 371 g/mol. The fraction of sp³-hybridized carbons (Fsp3) is 0.227. The van der Waals surface area contributed by atoms with Crippen LogP contribution >= 0.6 is 0 Å². The third-order valence-corrected chi connectivity index (χ3v) is 4.57. The summed E-state index contributed by atoms with van der Waals surface area (Å²) in [6.07, 6.45) is 4.94. The Morgan fingerprint density at radius 1 is 1.21 bits per heavy atom. The van der Waals surface area contributed by atoms with Crippen LogP contribution in [0.4, 0.5) is 10.3 Å². The molecule has 1 aliphatic rings. The van der Waals surface area contributed by atoms with Gasteiger partial charge < -0.3 is 14.8 Å². The van der Waals surface area contributed by atoms with E-state index < -0.39 is 6.67 Å². The van der Waals surface area contributed by atoms with Crippen molar-refractivity contribution in [3.05, 3.63) is 72.1 Å². The average Bonchev–Trinajstić information content (AvgIpc) is 2.75. The predicted molar refractivity (Wildman–Crippen MR) is 109 cm³/mol. The largest absolute Gasteiger partial charge is 0.469 e. The van der Waals surface area contributed by atoms with Gasteiger partial charge in [-0.05, 0) is 23.3 Å². The van der Waals surface area contributed by atoms with Gasteiger partial charge in [-0.1, -0.05) is 36.9 Å². The van der Waals surface area contributed by atoms with Crippen molar-refractivity contribution in [1.82, 2.24) is 15.0 Å². The quantitative estimate of drug-likeness (QED) is 0.624. The van der Waals surface area contributed by atoms with Gasteiger partial charge in [0, 0.05) is 24.5 Å². The molecule has 0 radical (unpaired) electrons. The van der Waals surface area contributed by atoms with Crippen LogP contribution in [0.5, 0.6) is 5.88 Å². The number of nitrogens with one attached hydrogen (secondary N) is 1. The number of pyridine rings is 1. The van der Waals surface area contributed by atoms with Crippen LogP contribution in [0.3, 0.4) is 0 Å². The molecule has 1 aromatic carbocycles. The monoisotopic (exact) mass is 392 g/mol. The molecule has 2 aromatic heterocycles. The van der Waals surface area contributed by atoms with Gasteiger partial charge in [-0.2, -0.15) is 4.98 Å². The van der Waals surface area contributed by atoms with Gasteiger partial charge in [0.2, 0.25) is 11.8 Å². The first-order valence-electron chi connectivity index (χ1n) is 9.33. The first kappa shape index (κ1) is 19.0. The van der Waals surface area contributed by atoms with Gasteiger partial charge in [0.05, 0.1) is 24.5 Å². The highest BCUT2D eigenvalue weighted by Crippen LogP contribution is 2.22. The molecule has 7 heteroatoms. The average molecular weight is 392 g/mol. The van der Waals surface area contributed by atoms with Crippen LogP contribution in [0.2, 0.25) is 0 Å². The number of nitrogens with zero attached hydrogens (tertiary/aromatic N) is 3. The molecule has 4 rings (SSSR count). The summed E-state index contributed by atoms with van der Waals surface area (Å²) < 4.78 is 23.9. The molecule has 0 saturated carbocycles. The minimum Gasteiger partial charge on any atom is -0.469 e. The van der Waals surface area contributed by atoms with Gasteiger partial charge in [-0.25, -0.2) is 9.37 Å². The molecule has 0 unspecified atom stereocenters. The predicted octanol–water partition coefficient (Wildman–Crippen LogP) is 4.04. The number of anilines is 1. The van der Waals surface area contributed by atoms with Gasteiger partial charge in [0.25, 0.3) is 0 Å². The number of rotatable bonds is 8. The van der Waals surface area contributed by atoms with Crippen molar-refractivity contribution in [2.75, 3.05) is 18.5 Å². The van der Waals surface area contributed by atoms with Crippen molar-refractivity contribution in [3.63, 3.8) is 0 Å². The zero-order chi connectivity index (χ0) is 20.1. The molecule has 1 fully saturated rings. The fourth-order valence-electron chi connectivity index (χ4n) is 2.82. The lowest BCUT2D eigenvalue weighted by Crippen LogP contribution is -2.39. The van der Waals surface area contributed by atoms with Crippen LogP contribution in [-0.2, 0) is 18.0 Å². The van der Waals surface area contributed by atoms with Crippen LogP contribution in [0.25, 0.3) is 17.3 Å². The molecule has 1 N–H and O–H groups in total. The van der Waals surface area contributed by atoms with Crippen molar-refractivity contribution in [2.45, 2.75) is 19.3 Å². The first-order chi connectivity index (χ1) is 14.2. The summed E-state index contributed by atoms with van der Waals surface area (Å²) in [7, 11) is 0. The summed E-state index contributed by atoms with van der Waals surface area (Å²) in [4.78, 5) is 12.9. The molecule has 0 atom stereocenters. The SMILES string of the molecule is C=Cc1ccnc(-c2ccc(CNc3ncc(CF)c(OC4COC4)n3)cc2)c1. The molecule has 1 aliphatic heterocycles. The van der Waals surface area contributed by atoms with Crippen LogP contribution in [0, 0.1) is 0 Å². The van der Waals surface area contributed by atoms with Crippen molar-refractivity contribution >= 4 is 12.0 Å². The lowest BCUT2D eigenvalue weighted by atomic mass is 10.1. The van der Waals surface area contributed by atoms with E-state index in [1.165, 1.54) is 6.20 Å². The second-order valence-electron chi connectivity index (χ2n) is 6.66. The van der Waals surface area contributed by atoms with Gasteiger partial charge in [-0.3, -0.25) is 4.98 Å². The van der Waals surface area contributed by atoms with Gasteiger partial charge in [-0.15, -0.1) is 0 Å². The molecule has 29 heavy (non-hydrogen) atoms. The number of halogens is 1. The molecule has 6 nitrogen and oxygen atoms in total. The van der Waals surface area contributed by atoms with Gasteiger partial charge in [0.15, 0.2) is 0 Å². The maximum absolute atomic E-state index is 13.1. The molecule has 0 bridgehead atoms. The van der Waals surface area contributed by atoms with E-state index in [1.807, 2.05) is 36.4 Å². The summed E-state index contributed by atoms with van der Waals surface area (Å²) in [5.41, 5.74) is 4.34. The van der Waals surface area contributed by atoms with E-state index in [0.717, 1.165) is 22.4 Å². The number of hydrogen-bond acceptors (Lipinski definition) is 6. The lowest BCUT2D eigenvalue weighted by Gasteiger charge is -2.26. The Balaban J connectivity index is 1.42. The van der Waals surface area contributed by atoms with E-state index in [1.54, 1.807) is 12.3 Å². The summed E-state index contributed by atoms with van der Waals surface area (Å²) >= 11 is 0. The molecule has 1 saturated heterocycles. The summed E-state index contributed by atoms with van der Waals surface area (Å²) in [6, 6.07) is 12.0. The van der Waals surface area contributed by atoms with Gasteiger partial charge >= 0.3 is 0 Å². The summed E-state index contributed by atoms with van der Waals surface area (Å²) in [5.74, 6) is 0.656. The highest BCUT2D eigenvalue weighted by molar-refractivity contribution is 5.63. The Bertz CT molecular complexity index is 990. The van der Waals surface area contributed by atoms with E-state index in [0.29, 0.717) is 31.3 Å². The Morgan fingerprint density at radius 2 is 2.03 bits per heavy atom. The normalized spacial score (nSPS) is 13.6. The zero-order valence-corrected chi connectivity index (χ0v) is 15.8. The van der Waals surface area contributed by atoms with E-state index >= 15 is 0 Å². The Kier molecular flexibility index (Phi) is 5.76. The molecular formula is C22H21FN4O2. The van der Waals surface area contributed by atoms with Crippen molar-refractivity contribution < 1.29 is 13.9 Å². The zero-order valence-electron chi connectivity index (χ0n) is 15.8. The smallest absolute Gasteiger partial charge is 0.226 e. The minimum atomic E-state index is -0.675. The fourth-order valence-corrected chi connectivity index (χ4v) is 2.82. The molecule has 3 aromatic rings.